The first-order valence-electron chi connectivity index (χ1n) is 11.0. The summed E-state index contributed by atoms with van der Waals surface area (Å²) in [5.74, 6) is 1.08. The number of pyridine rings is 1. The van der Waals surface area contributed by atoms with Gasteiger partial charge in [0.2, 0.25) is 0 Å². The maximum Gasteiger partial charge on any atom is 0.275 e. The number of carbonyl (C=O) groups excluding carboxylic acids is 1. The van der Waals surface area contributed by atoms with Crippen molar-refractivity contribution in [2.24, 2.45) is 0 Å². The fourth-order valence-electron chi connectivity index (χ4n) is 3.48. The molecule has 0 aliphatic heterocycles. The molecule has 3 aromatic heterocycles. The van der Waals surface area contributed by atoms with Crippen molar-refractivity contribution < 1.29 is 4.79 Å². The summed E-state index contributed by atoms with van der Waals surface area (Å²) in [6, 6.07) is 19.7. The maximum atomic E-state index is 12.7. The smallest absolute Gasteiger partial charge is 0.275 e. The Balaban J connectivity index is 1.33. The molecule has 0 saturated heterocycles. The number of nitrogens with zero attached hydrogens (tertiary/aromatic N) is 5. The van der Waals surface area contributed by atoms with Gasteiger partial charge in [0.25, 0.3) is 5.91 Å². The van der Waals surface area contributed by atoms with E-state index in [1.54, 1.807) is 17.8 Å². The van der Waals surface area contributed by atoms with Crippen LogP contribution in [0.25, 0.3) is 17.1 Å². The molecule has 0 unspecified atom stereocenters. The van der Waals surface area contributed by atoms with Crippen LogP contribution in [0, 0.1) is 13.8 Å². The van der Waals surface area contributed by atoms with E-state index in [-0.39, 0.29) is 5.91 Å². The zero-order valence-electron chi connectivity index (χ0n) is 19.2. The molecule has 35 heavy (non-hydrogen) atoms. The summed E-state index contributed by atoms with van der Waals surface area (Å²) in [6.07, 6.45) is 3.51. The molecular formula is C26H22N6OS2. The van der Waals surface area contributed by atoms with Gasteiger partial charge < -0.3 is 5.32 Å². The van der Waals surface area contributed by atoms with E-state index in [2.05, 4.69) is 25.5 Å². The van der Waals surface area contributed by atoms with E-state index >= 15 is 0 Å². The zero-order chi connectivity index (χ0) is 24.2. The molecule has 9 heteroatoms. The van der Waals surface area contributed by atoms with Crippen molar-refractivity contribution in [1.82, 2.24) is 24.7 Å². The van der Waals surface area contributed by atoms with E-state index in [9.17, 15) is 4.79 Å². The third-order valence-electron chi connectivity index (χ3n) is 5.44. The number of benzene rings is 2. The normalized spacial score (nSPS) is 10.9. The van der Waals surface area contributed by atoms with E-state index in [1.165, 1.54) is 28.7 Å². The second-order valence-electron chi connectivity index (χ2n) is 7.89. The van der Waals surface area contributed by atoms with E-state index in [0.717, 1.165) is 38.5 Å². The monoisotopic (exact) mass is 498 g/mol. The Morgan fingerprint density at radius 2 is 1.89 bits per heavy atom. The topological polar surface area (TPSA) is 85.6 Å². The molecule has 0 atom stereocenters. The average Bonchev–Trinajstić information content (AvgIpc) is 3.53. The number of hydrogen-bond acceptors (Lipinski definition) is 7. The standard InChI is InChI=1S/C26H22N6OS2/c1-17-10-11-20(13-18(17)2)28-25(33)22-15-34-23(29-22)16-35-26-31-30-24(19-7-6-12-27-14-19)32(26)21-8-4-3-5-9-21/h3-15H,16H2,1-2H3,(H,28,33). The molecular weight excluding hydrogens is 476 g/mol. The molecule has 0 aliphatic rings. The Labute approximate surface area is 211 Å². The lowest BCUT2D eigenvalue weighted by molar-refractivity contribution is 0.102. The minimum Gasteiger partial charge on any atom is -0.321 e. The summed E-state index contributed by atoms with van der Waals surface area (Å²) in [6.45, 7) is 4.07. The minimum atomic E-state index is -0.216. The third-order valence-corrected chi connectivity index (χ3v) is 7.41. The lowest BCUT2D eigenvalue weighted by atomic mass is 10.1. The van der Waals surface area contributed by atoms with Crippen molar-refractivity contribution in [2.45, 2.75) is 24.8 Å². The minimum absolute atomic E-state index is 0.216. The van der Waals surface area contributed by atoms with Crippen LogP contribution in [0.1, 0.15) is 26.6 Å². The number of nitrogens with one attached hydrogen (secondary N) is 1. The lowest BCUT2D eigenvalue weighted by Gasteiger charge is -2.09. The van der Waals surface area contributed by atoms with E-state index in [1.807, 2.05) is 79.1 Å². The molecule has 1 amide bonds. The van der Waals surface area contributed by atoms with Crippen molar-refractivity contribution in [2.75, 3.05) is 5.32 Å². The van der Waals surface area contributed by atoms with Crippen molar-refractivity contribution in [1.29, 1.82) is 0 Å². The molecule has 2 aromatic carbocycles. The second kappa shape index (κ2) is 10.2. The number of para-hydroxylation sites is 1. The van der Waals surface area contributed by atoms with Crippen LogP contribution >= 0.6 is 23.1 Å². The lowest BCUT2D eigenvalue weighted by Crippen LogP contribution is -2.12. The van der Waals surface area contributed by atoms with Gasteiger partial charge in [0.15, 0.2) is 11.0 Å². The highest BCUT2D eigenvalue weighted by atomic mass is 32.2. The molecule has 0 saturated carbocycles. The van der Waals surface area contributed by atoms with Crippen molar-refractivity contribution >= 4 is 34.7 Å². The van der Waals surface area contributed by atoms with Crippen LogP contribution in [-0.4, -0.2) is 30.6 Å². The number of rotatable bonds is 7. The first kappa shape index (κ1) is 22.9. The van der Waals surface area contributed by atoms with E-state index in [4.69, 9.17) is 0 Å². The van der Waals surface area contributed by atoms with Crippen LogP contribution in [0.4, 0.5) is 5.69 Å². The third kappa shape index (κ3) is 5.16. The fraction of sp³-hybridized carbons (Fsp3) is 0.115. The summed E-state index contributed by atoms with van der Waals surface area (Å²) in [5, 5.41) is 15.2. The molecule has 5 rings (SSSR count). The van der Waals surface area contributed by atoms with Crippen LogP contribution in [0.3, 0.4) is 0 Å². The Morgan fingerprint density at radius 3 is 2.66 bits per heavy atom. The van der Waals surface area contributed by atoms with E-state index < -0.39 is 0 Å². The highest BCUT2D eigenvalue weighted by molar-refractivity contribution is 7.98. The molecule has 0 spiro atoms. The number of aromatic nitrogens is 5. The number of thioether (sulfide) groups is 1. The number of amides is 1. The molecule has 0 bridgehead atoms. The molecule has 0 aliphatic carbocycles. The average molecular weight is 499 g/mol. The summed E-state index contributed by atoms with van der Waals surface area (Å²) in [7, 11) is 0. The Bertz CT molecular complexity index is 1460. The summed E-state index contributed by atoms with van der Waals surface area (Å²) < 4.78 is 2.02. The van der Waals surface area contributed by atoms with Gasteiger partial charge in [0.1, 0.15) is 10.7 Å². The molecule has 5 aromatic rings. The largest absolute Gasteiger partial charge is 0.321 e. The molecule has 174 valence electrons. The predicted octanol–water partition coefficient (Wildman–Crippen LogP) is 5.95. The second-order valence-corrected chi connectivity index (χ2v) is 9.77. The summed E-state index contributed by atoms with van der Waals surface area (Å²) >= 11 is 2.99. The van der Waals surface area contributed by atoms with Crippen LogP contribution in [-0.2, 0) is 5.75 Å². The van der Waals surface area contributed by atoms with E-state index in [0.29, 0.717) is 11.4 Å². The summed E-state index contributed by atoms with van der Waals surface area (Å²) in [5.41, 5.74) is 5.34. The van der Waals surface area contributed by atoms with Gasteiger partial charge in [-0.15, -0.1) is 21.5 Å². The first-order chi connectivity index (χ1) is 17.1. The van der Waals surface area contributed by atoms with Crippen molar-refractivity contribution in [3.8, 4) is 17.1 Å². The Hall–Kier alpha value is -3.82. The number of anilines is 1. The molecule has 1 N–H and O–H groups in total. The van der Waals surface area contributed by atoms with Gasteiger partial charge in [0.05, 0.1) is 5.75 Å². The van der Waals surface area contributed by atoms with Crippen molar-refractivity contribution in [3.05, 3.63) is 100 Å². The first-order valence-corrected chi connectivity index (χ1v) is 12.8. The van der Waals surface area contributed by atoms with Gasteiger partial charge >= 0.3 is 0 Å². The molecule has 0 fully saturated rings. The number of thiazole rings is 1. The van der Waals surface area contributed by atoms with Gasteiger partial charge in [-0.2, -0.15) is 0 Å². The Kier molecular flexibility index (Phi) is 6.69. The highest BCUT2D eigenvalue weighted by Crippen LogP contribution is 2.30. The SMILES string of the molecule is Cc1ccc(NC(=O)c2csc(CSc3nnc(-c4cccnc4)n3-c3ccccc3)n2)cc1C. The molecule has 0 radical (unpaired) electrons. The number of carbonyl (C=O) groups is 1. The van der Waals surface area contributed by atoms with Gasteiger partial charge in [0, 0.05) is 34.7 Å². The van der Waals surface area contributed by atoms with Crippen LogP contribution in [0.15, 0.2) is 83.6 Å². The predicted molar refractivity (Wildman–Crippen MR) is 140 cm³/mol. The summed E-state index contributed by atoms with van der Waals surface area (Å²) in [4.78, 5) is 21.5. The number of aryl methyl sites for hydroxylation is 2. The molecule has 7 nitrogen and oxygen atoms in total. The van der Waals surface area contributed by atoms with Crippen LogP contribution < -0.4 is 5.32 Å². The highest BCUT2D eigenvalue weighted by Gasteiger charge is 2.18. The molecule has 3 heterocycles. The van der Waals surface area contributed by atoms with Gasteiger partial charge in [-0.25, -0.2) is 4.98 Å². The van der Waals surface area contributed by atoms with Crippen LogP contribution in [0.5, 0.6) is 0 Å². The quantitative estimate of drug-likeness (QED) is 0.279. The maximum absolute atomic E-state index is 12.7. The fourth-order valence-corrected chi connectivity index (χ4v) is 5.22. The zero-order valence-corrected chi connectivity index (χ0v) is 20.8. The van der Waals surface area contributed by atoms with Gasteiger partial charge in [-0.3, -0.25) is 14.3 Å². The van der Waals surface area contributed by atoms with Gasteiger partial charge in [-0.05, 0) is 61.4 Å². The number of hydrogen-bond donors (Lipinski definition) is 1. The van der Waals surface area contributed by atoms with Crippen LogP contribution in [0.2, 0.25) is 0 Å². The van der Waals surface area contributed by atoms with Gasteiger partial charge in [-0.1, -0.05) is 36.0 Å². The Morgan fingerprint density at radius 1 is 1.03 bits per heavy atom. The van der Waals surface area contributed by atoms with Crippen molar-refractivity contribution in [3.63, 3.8) is 0 Å².